The minimum absolute atomic E-state index is 0.528. The number of oxime groups is 1. The van der Waals surface area contributed by atoms with E-state index < -0.39 is 0 Å². The molecule has 0 unspecified atom stereocenters. The summed E-state index contributed by atoms with van der Waals surface area (Å²) < 4.78 is 5.49. The quantitative estimate of drug-likeness (QED) is 0.752. The normalized spacial score (nSPS) is 14.9. The zero-order valence-corrected chi connectivity index (χ0v) is 8.77. The summed E-state index contributed by atoms with van der Waals surface area (Å²) in [6.07, 6.45) is 0.876. The van der Waals surface area contributed by atoms with Gasteiger partial charge < -0.3 is 9.57 Å². The molecule has 0 radical (unpaired) electrons. The lowest BCUT2D eigenvalue weighted by molar-refractivity contribution is 0.151. The summed E-state index contributed by atoms with van der Waals surface area (Å²) in [4.78, 5) is 9.21. The van der Waals surface area contributed by atoms with Crippen molar-refractivity contribution in [1.82, 2.24) is 4.98 Å². The van der Waals surface area contributed by atoms with E-state index in [-0.39, 0.29) is 0 Å². The fourth-order valence-corrected chi connectivity index (χ4v) is 1.40. The number of hydrogen-bond acceptors (Lipinski definition) is 4. The molecular weight excluding hydrogens is 192 g/mol. The molecule has 0 spiro atoms. The molecular formula is C11H14N2O2. The van der Waals surface area contributed by atoms with Gasteiger partial charge in [-0.25, -0.2) is 0 Å². The summed E-state index contributed by atoms with van der Waals surface area (Å²) in [5, 5.41) is 3.86. The highest BCUT2D eigenvalue weighted by Gasteiger charge is 2.07. The lowest BCUT2D eigenvalue weighted by Crippen LogP contribution is -2.07. The van der Waals surface area contributed by atoms with Crippen molar-refractivity contribution < 1.29 is 9.57 Å². The Morgan fingerprint density at radius 2 is 2.33 bits per heavy atom. The van der Waals surface area contributed by atoms with Gasteiger partial charge in [-0.2, -0.15) is 0 Å². The van der Waals surface area contributed by atoms with Crippen LogP contribution in [-0.4, -0.2) is 23.9 Å². The van der Waals surface area contributed by atoms with Crippen LogP contribution in [0.25, 0.3) is 0 Å². The number of aromatic nitrogens is 1. The van der Waals surface area contributed by atoms with E-state index in [0.29, 0.717) is 19.8 Å². The van der Waals surface area contributed by atoms with Crippen molar-refractivity contribution >= 4 is 5.71 Å². The molecule has 1 aliphatic rings. The second-order valence-corrected chi connectivity index (χ2v) is 3.50. The Kier molecular flexibility index (Phi) is 3.29. The zero-order chi connectivity index (χ0) is 10.5. The Labute approximate surface area is 88.9 Å². The highest BCUT2D eigenvalue weighted by atomic mass is 16.6. The van der Waals surface area contributed by atoms with E-state index in [1.165, 1.54) is 0 Å². The van der Waals surface area contributed by atoms with Gasteiger partial charge in [0.1, 0.15) is 6.61 Å². The molecule has 2 heterocycles. The SMILES string of the molecule is Cc1cccc(COCC2=NOCC2)n1. The summed E-state index contributed by atoms with van der Waals surface area (Å²) in [7, 11) is 0. The average molecular weight is 206 g/mol. The van der Waals surface area contributed by atoms with E-state index in [4.69, 9.17) is 9.57 Å². The predicted molar refractivity (Wildman–Crippen MR) is 56.6 cm³/mol. The number of ether oxygens (including phenoxy) is 1. The minimum atomic E-state index is 0.528. The third kappa shape index (κ3) is 3.02. The molecule has 1 aliphatic heterocycles. The maximum Gasteiger partial charge on any atom is 0.122 e. The van der Waals surface area contributed by atoms with Gasteiger partial charge in [0.25, 0.3) is 0 Å². The molecule has 0 aliphatic carbocycles. The number of hydrogen-bond donors (Lipinski definition) is 0. The van der Waals surface area contributed by atoms with E-state index >= 15 is 0 Å². The Bertz CT molecular complexity index is 363. The molecule has 0 saturated carbocycles. The standard InChI is InChI=1S/C11H14N2O2/c1-9-3-2-4-10(12-9)7-14-8-11-5-6-15-13-11/h2-4H,5-8H2,1H3. The average Bonchev–Trinajstić information content (AvgIpc) is 2.71. The molecule has 0 bridgehead atoms. The first-order valence-corrected chi connectivity index (χ1v) is 5.02. The zero-order valence-electron chi connectivity index (χ0n) is 8.77. The van der Waals surface area contributed by atoms with Gasteiger partial charge in [0.15, 0.2) is 0 Å². The van der Waals surface area contributed by atoms with Crippen LogP contribution in [0, 0.1) is 6.92 Å². The van der Waals surface area contributed by atoms with Crippen LogP contribution in [0.2, 0.25) is 0 Å². The summed E-state index contributed by atoms with van der Waals surface area (Å²) in [6, 6.07) is 5.91. The van der Waals surface area contributed by atoms with Crippen molar-refractivity contribution in [3.8, 4) is 0 Å². The molecule has 0 saturated heterocycles. The van der Waals surface area contributed by atoms with Crippen molar-refractivity contribution in [1.29, 1.82) is 0 Å². The molecule has 0 aromatic carbocycles. The maximum atomic E-state index is 5.49. The maximum absolute atomic E-state index is 5.49. The van der Waals surface area contributed by atoms with Gasteiger partial charge in [0.05, 0.1) is 24.6 Å². The van der Waals surface area contributed by atoms with Gasteiger partial charge in [0.2, 0.25) is 0 Å². The molecule has 4 heteroatoms. The summed E-state index contributed by atoms with van der Waals surface area (Å²) >= 11 is 0. The van der Waals surface area contributed by atoms with Crippen molar-refractivity contribution in [2.24, 2.45) is 5.16 Å². The van der Waals surface area contributed by atoms with E-state index in [0.717, 1.165) is 23.5 Å². The van der Waals surface area contributed by atoms with Crippen LogP contribution < -0.4 is 0 Å². The number of nitrogens with zero attached hydrogens (tertiary/aromatic N) is 2. The molecule has 1 aromatic heterocycles. The Morgan fingerprint density at radius 1 is 1.40 bits per heavy atom. The first-order valence-electron chi connectivity index (χ1n) is 5.02. The topological polar surface area (TPSA) is 43.7 Å². The molecule has 0 N–H and O–H groups in total. The summed E-state index contributed by atoms with van der Waals surface area (Å²) in [5.74, 6) is 0. The molecule has 80 valence electrons. The largest absolute Gasteiger partial charge is 0.395 e. The Morgan fingerprint density at radius 3 is 3.07 bits per heavy atom. The molecule has 0 amide bonds. The van der Waals surface area contributed by atoms with Gasteiger partial charge >= 0.3 is 0 Å². The van der Waals surface area contributed by atoms with E-state index in [1.54, 1.807) is 0 Å². The van der Waals surface area contributed by atoms with Gasteiger partial charge in [-0.15, -0.1) is 0 Å². The van der Waals surface area contributed by atoms with Crippen LogP contribution in [0.5, 0.6) is 0 Å². The highest BCUT2D eigenvalue weighted by molar-refractivity contribution is 5.86. The van der Waals surface area contributed by atoms with E-state index in [9.17, 15) is 0 Å². The van der Waals surface area contributed by atoms with Crippen LogP contribution in [0.1, 0.15) is 17.8 Å². The Balaban J connectivity index is 1.78. The fourth-order valence-electron chi connectivity index (χ4n) is 1.40. The van der Waals surface area contributed by atoms with Crippen molar-refractivity contribution in [3.63, 3.8) is 0 Å². The molecule has 0 fully saturated rings. The summed E-state index contributed by atoms with van der Waals surface area (Å²) in [5.41, 5.74) is 2.94. The molecule has 4 nitrogen and oxygen atoms in total. The van der Waals surface area contributed by atoms with Gasteiger partial charge in [-0.05, 0) is 19.1 Å². The Hall–Kier alpha value is -1.42. The number of pyridine rings is 1. The van der Waals surface area contributed by atoms with Crippen molar-refractivity contribution in [2.45, 2.75) is 20.0 Å². The first kappa shape index (κ1) is 10.1. The second kappa shape index (κ2) is 4.89. The van der Waals surface area contributed by atoms with Crippen LogP contribution in [-0.2, 0) is 16.2 Å². The van der Waals surface area contributed by atoms with Crippen LogP contribution in [0.4, 0.5) is 0 Å². The minimum Gasteiger partial charge on any atom is -0.395 e. The van der Waals surface area contributed by atoms with E-state index in [2.05, 4.69) is 10.1 Å². The second-order valence-electron chi connectivity index (χ2n) is 3.50. The fraction of sp³-hybridized carbons (Fsp3) is 0.455. The van der Waals surface area contributed by atoms with Crippen molar-refractivity contribution in [3.05, 3.63) is 29.6 Å². The highest BCUT2D eigenvalue weighted by Crippen LogP contribution is 2.03. The third-order valence-corrected chi connectivity index (χ3v) is 2.14. The van der Waals surface area contributed by atoms with Crippen LogP contribution in [0.3, 0.4) is 0 Å². The van der Waals surface area contributed by atoms with E-state index in [1.807, 2.05) is 25.1 Å². The van der Waals surface area contributed by atoms with Crippen LogP contribution in [0.15, 0.2) is 23.4 Å². The van der Waals surface area contributed by atoms with Crippen LogP contribution >= 0.6 is 0 Å². The first-order chi connectivity index (χ1) is 7.34. The monoisotopic (exact) mass is 206 g/mol. The van der Waals surface area contributed by atoms with Gasteiger partial charge in [0, 0.05) is 12.1 Å². The number of aryl methyl sites for hydroxylation is 1. The lowest BCUT2D eigenvalue weighted by Gasteiger charge is -2.03. The molecule has 2 rings (SSSR count). The van der Waals surface area contributed by atoms with Crippen molar-refractivity contribution in [2.75, 3.05) is 13.2 Å². The molecule has 1 aromatic rings. The third-order valence-electron chi connectivity index (χ3n) is 2.14. The smallest absolute Gasteiger partial charge is 0.122 e. The summed E-state index contributed by atoms with van der Waals surface area (Å²) in [6.45, 7) is 3.72. The predicted octanol–water partition coefficient (Wildman–Crippen LogP) is 1.68. The lowest BCUT2D eigenvalue weighted by atomic mass is 10.3. The van der Waals surface area contributed by atoms with Gasteiger partial charge in [-0.3, -0.25) is 4.98 Å². The van der Waals surface area contributed by atoms with Gasteiger partial charge in [-0.1, -0.05) is 11.2 Å². The molecule has 0 atom stereocenters. The number of rotatable bonds is 4. The molecule has 15 heavy (non-hydrogen) atoms.